The maximum absolute atomic E-state index is 13.7. The molecule has 1 unspecified atom stereocenters. The maximum Gasteiger partial charge on any atom is 0.127 e. The molecular weight excluding hydrogens is 319 g/mol. The standard InChI is InChI=1S/C12H14BrFN2OS/c13-9-1-2-10(14)8(5-9)6-16-3-4-17-11(7-16)12(15)18/h1-2,5,11H,3-4,6-7H2,(H2,15,18). The number of thiocarbonyl (C=S) groups is 1. The van der Waals surface area contributed by atoms with Crippen LogP contribution in [0.3, 0.4) is 0 Å². The Morgan fingerprint density at radius 2 is 2.39 bits per heavy atom. The van der Waals surface area contributed by atoms with Crippen molar-refractivity contribution in [3.63, 3.8) is 0 Å². The summed E-state index contributed by atoms with van der Waals surface area (Å²) in [5.41, 5.74) is 6.24. The number of rotatable bonds is 3. The SMILES string of the molecule is NC(=S)C1CN(Cc2cc(Br)ccc2F)CCO1. The van der Waals surface area contributed by atoms with Crippen molar-refractivity contribution in [2.75, 3.05) is 19.7 Å². The van der Waals surface area contributed by atoms with Crippen molar-refractivity contribution >= 4 is 33.1 Å². The maximum atomic E-state index is 13.7. The molecule has 18 heavy (non-hydrogen) atoms. The summed E-state index contributed by atoms with van der Waals surface area (Å²) in [5.74, 6) is -0.198. The Bertz CT molecular complexity index is 458. The van der Waals surface area contributed by atoms with E-state index >= 15 is 0 Å². The highest BCUT2D eigenvalue weighted by Crippen LogP contribution is 2.18. The third kappa shape index (κ3) is 3.47. The molecule has 2 N–H and O–H groups in total. The highest BCUT2D eigenvalue weighted by atomic mass is 79.9. The van der Waals surface area contributed by atoms with Gasteiger partial charge in [0.1, 0.15) is 16.9 Å². The fourth-order valence-electron chi connectivity index (χ4n) is 1.92. The fourth-order valence-corrected chi connectivity index (χ4v) is 2.47. The van der Waals surface area contributed by atoms with E-state index in [1.807, 2.05) is 0 Å². The Labute approximate surface area is 119 Å². The van der Waals surface area contributed by atoms with E-state index in [1.165, 1.54) is 6.07 Å². The zero-order valence-corrected chi connectivity index (χ0v) is 12.1. The van der Waals surface area contributed by atoms with Gasteiger partial charge in [0.2, 0.25) is 0 Å². The van der Waals surface area contributed by atoms with Crippen molar-refractivity contribution in [3.8, 4) is 0 Å². The van der Waals surface area contributed by atoms with Gasteiger partial charge in [-0.15, -0.1) is 0 Å². The molecule has 1 aliphatic rings. The lowest BCUT2D eigenvalue weighted by atomic mass is 10.1. The van der Waals surface area contributed by atoms with Gasteiger partial charge < -0.3 is 10.5 Å². The van der Waals surface area contributed by atoms with Gasteiger partial charge in [0.05, 0.1) is 6.61 Å². The number of benzene rings is 1. The smallest absolute Gasteiger partial charge is 0.127 e. The number of halogens is 2. The monoisotopic (exact) mass is 332 g/mol. The minimum Gasteiger partial charge on any atom is -0.391 e. The van der Waals surface area contributed by atoms with E-state index in [4.69, 9.17) is 22.7 Å². The fraction of sp³-hybridized carbons (Fsp3) is 0.417. The Morgan fingerprint density at radius 3 is 3.11 bits per heavy atom. The van der Waals surface area contributed by atoms with E-state index in [0.29, 0.717) is 30.2 Å². The van der Waals surface area contributed by atoms with Crippen LogP contribution in [0.1, 0.15) is 5.56 Å². The first-order chi connectivity index (χ1) is 8.56. The normalized spacial score (nSPS) is 20.9. The van der Waals surface area contributed by atoms with E-state index in [0.717, 1.165) is 11.0 Å². The number of hydrogen-bond donors (Lipinski definition) is 1. The van der Waals surface area contributed by atoms with Crippen LogP contribution >= 0.6 is 28.1 Å². The molecule has 0 aliphatic carbocycles. The molecule has 1 heterocycles. The van der Waals surface area contributed by atoms with Gasteiger partial charge in [0, 0.05) is 29.7 Å². The Kier molecular flexibility index (Phi) is 4.66. The van der Waals surface area contributed by atoms with Crippen molar-refractivity contribution in [3.05, 3.63) is 34.1 Å². The molecule has 0 spiro atoms. The Hall–Kier alpha value is -0.560. The van der Waals surface area contributed by atoms with Gasteiger partial charge >= 0.3 is 0 Å². The molecule has 2 rings (SSSR count). The first-order valence-corrected chi connectivity index (χ1v) is 6.83. The van der Waals surface area contributed by atoms with E-state index in [1.54, 1.807) is 12.1 Å². The summed E-state index contributed by atoms with van der Waals surface area (Å²) in [6.07, 6.45) is -0.232. The van der Waals surface area contributed by atoms with Crippen LogP contribution in [0.2, 0.25) is 0 Å². The molecule has 1 aromatic carbocycles. The minimum atomic E-state index is -0.232. The molecule has 6 heteroatoms. The van der Waals surface area contributed by atoms with Gasteiger partial charge in [-0.25, -0.2) is 4.39 Å². The predicted molar refractivity (Wildman–Crippen MR) is 75.9 cm³/mol. The molecule has 0 amide bonds. The average Bonchev–Trinajstić information content (AvgIpc) is 2.34. The largest absolute Gasteiger partial charge is 0.391 e. The number of ether oxygens (including phenoxy) is 1. The second-order valence-electron chi connectivity index (χ2n) is 4.23. The molecule has 98 valence electrons. The number of nitrogens with zero attached hydrogens (tertiary/aromatic N) is 1. The molecule has 1 fully saturated rings. The molecule has 1 saturated heterocycles. The Balaban J connectivity index is 2.04. The zero-order chi connectivity index (χ0) is 13.1. The first kappa shape index (κ1) is 13.9. The molecular formula is C12H14BrFN2OS. The average molecular weight is 333 g/mol. The lowest BCUT2D eigenvalue weighted by Crippen LogP contribution is -2.47. The molecule has 0 aromatic heterocycles. The van der Waals surface area contributed by atoms with Crippen LogP contribution in [0.4, 0.5) is 4.39 Å². The van der Waals surface area contributed by atoms with Crippen molar-refractivity contribution in [2.24, 2.45) is 5.73 Å². The van der Waals surface area contributed by atoms with E-state index in [9.17, 15) is 4.39 Å². The van der Waals surface area contributed by atoms with Gasteiger partial charge in [-0.2, -0.15) is 0 Å². The quantitative estimate of drug-likeness (QED) is 0.860. The van der Waals surface area contributed by atoms with Crippen LogP contribution in [-0.2, 0) is 11.3 Å². The highest BCUT2D eigenvalue weighted by molar-refractivity contribution is 9.10. The lowest BCUT2D eigenvalue weighted by molar-refractivity contribution is 0.00353. The second-order valence-corrected chi connectivity index (χ2v) is 5.62. The van der Waals surface area contributed by atoms with Gasteiger partial charge in [-0.05, 0) is 18.2 Å². The summed E-state index contributed by atoms with van der Waals surface area (Å²) in [5, 5.41) is 0. The summed E-state index contributed by atoms with van der Waals surface area (Å²) >= 11 is 8.27. The molecule has 3 nitrogen and oxygen atoms in total. The molecule has 1 aromatic rings. The molecule has 1 aliphatic heterocycles. The van der Waals surface area contributed by atoms with Crippen LogP contribution in [0, 0.1) is 5.82 Å². The molecule has 1 atom stereocenters. The van der Waals surface area contributed by atoms with Crippen LogP contribution in [-0.4, -0.2) is 35.7 Å². The summed E-state index contributed by atoms with van der Waals surface area (Å²) in [6, 6.07) is 4.95. The van der Waals surface area contributed by atoms with Gasteiger partial charge in [-0.1, -0.05) is 28.1 Å². The molecule has 0 radical (unpaired) electrons. The summed E-state index contributed by atoms with van der Waals surface area (Å²) in [4.78, 5) is 2.45. The predicted octanol–water partition coefficient (Wildman–Crippen LogP) is 2.08. The van der Waals surface area contributed by atoms with Crippen molar-refractivity contribution in [1.29, 1.82) is 0 Å². The van der Waals surface area contributed by atoms with Crippen molar-refractivity contribution in [1.82, 2.24) is 4.90 Å². The van der Waals surface area contributed by atoms with Crippen molar-refractivity contribution in [2.45, 2.75) is 12.6 Å². The van der Waals surface area contributed by atoms with Crippen LogP contribution < -0.4 is 5.73 Å². The highest BCUT2D eigenvalue weighted by Gasteiger charge is 2.23. The van der Waals surface area contributed by atoms with E-state index in [-0.39, 0.29) is 11.9 Å². The molecule has 0 bridgehead atoms. The minimum absolute atomic E-state index is 0.198. The summed E-state index contributed by atoms with van der Waals surface area (Å²) in [7, 11) is 0. The molecule has 0 saturated carbocycles. The third-order valence-electron chi connectivity index (χ3n) is 2.87. The zero-order valence-electron chi connectivity index (χ0n) is 9.73. The van der Waals surface area contributed by atoms with Gasteiger partial charge in [-0.3, -0.25) is 4.90 Å². The number of nitrogens with two attached hydrogens (primary N) is 1. The van der Waals surface area contributed by atoms with Crippen LogP contribution in [0.25, 0.3) is 0 Å². The van der Waals surface area contributed by atoms with E-state index < -0.39 is 0 Å². The van der Waals surface area contributed by atoms with Crippen molar-refractivity contribution < 1.29 is 9.13 Å². The van der Waals surface area contributed by atoms with Gasteiger partial charge in [0.25, 0.3) is 0 Å². The van der Waals surface area contributed by atoms with Crippen LogP contribution in [0.5, 0.6) is 0 Å². The van der Waals surface area contributed by atoms with E-state index in [2.05, 4.69) is 20.8 Å². The number of morpholine rings is 1. The summed E-state index contributed by atoms with van der Waals surface area (Å²) in [6.45, 7) is 2.47. The number of hydrogen-bond acceptors (Lipinski definition) is 3. The van der Waals surface area contributed by atoms with Crippen LogP contribution in [0.15, 0.2) is 22.7 Å². The summed E-state index contributed by atoms with van der Waals surface area (Å²) < 4.78 is 20.0. The lowest BCUT2D eigenvalue weighted by Gasteiger charge is -2.32. The Morgan fingerprint density at radius 1 is 1.61 bits per heavy atom. The van der Waals surface area contributed by atoms with Gasteiger partial charge in [0.15, 0.2) is 0 Å². The topological polar surface area (TPSA) is 38.5 Å². The third-order valence-corrected chi connectivity index (χ3v) is 3.63. The first-order valence-electron chi connectivity index (χ1n) is 5.63. The second kappa shape index (κ2) is 6.06.